The summed E-state index contributed by atoms with van der Waals surface area (Å²) in [6.07, 6.45) is 0. The maximum absolute atomic E-state index is 10.5. The molecule has 1 fully saturated rings. The Kier molecular flexibility index (Phi) is 2.82. The van der Waals surface area contributed by atoms with Gasteiger partial charge in [0.1, 0.15) is 4.33 Å². The molecule has 1 aromatic rings. The lowest BCUT2D eigenvalue weighted by atomic mass is 10.1. The highest BCUT2D eigenvalue weighted by Crippen LogP contribution is 2.64. The van der Waals surface area contributed by atoms with Gasteiger partial charge in [0.05, 0.1) is 4.92 Å². The highest BCUT2D eigenvalue weighted by molar-refractivity contribution is 6.51. The first-order chi connectivity index (χ1) is 7.48. The topological polar surface area (TPSA) is 63.4 Å². The molecule has 0 spiro atoms. The van der Waals surface area contributed by atoms with E-state index in [4.69, 9.17) is 28.3 Å². The van der Waals surface area contributed by atoms with Gasteiger partial charge in [-0.2, -0.15) is 0 Å². The second-order valence-electron chi connectivity index (χ2n) is 3.79. The summed E-state index contributed by atoms with van der Waals surface area (Å²) < 4.78 is -0.953. The number of rotatable bonds is 3. The molecule has 6 heteroatoms. The zero-order valence-corrected chi connectivity index (χ0v) is 9.65. The van der Waals surface area contributed by atoms with Crippen LogP contribution in [0.1, 0.15) is 11.5 Å². The number of non-ortho nitro benzene ring substituents is 1. The van der Waals surface area contributed by atoms with Crippen LogP contribution in [0.5, 0.6) is 0 Å². The minimum absolute atomic E-state index is 0.0275. The molecule has 0 saturated heterocycles. The smallest absolute Gasteiger partial charge is 0.269 e. The van der Waals surface area contributed by atoms with Gasteiger partial charge in [0.25, 0.3) is 5.69 Å². The molecule has 2 atom stereocenters. The minimum Gasteiger partial charge on any atom is -0.396 e. The van der Waals surface area contributed by atoms with E-state index in [9.17, 15) is 10.1 Å². The summed E-state index contributed by atoms with van der Waals surface area (Å²) in [6, 6.07) is 6.06. The van der Waals surface area contributed by atoms with E-state index in [1.165, 1.54) is 12.1 Å². The predicted octanol–water partition coefficient (Wildman–Crippen LogP) is 2.47. The first-order valence-electron chi connectivity index (χ1n) is 4.71. The zero-order chi connectivity index (χ0) is 11.9. The lowest BCUT2D eigenvalue weighted by molar-refractivity contribution is -0.384. The first kappa shape index (κ1) is 11.6. The molecule has 1 aliphatic rings. The summed E-state index contributed by atoms with van der Waals surface area (Å²) in [5, 5.41) is 19.5. The lowest BCUT2D eigenvalue weighted by Crippen LogP contribution is -1.93. The Morgan fingerprint density at radius 2 is 1.94 bits per heavy atom. The van der Waals surface area contributed by atoms with Crippen LogP contribution >= 0.6 is 23.2 Å². The third kappa shape index (κ3) is 1.77. The van der Waals surface area contributed by atoms with Gasteiger partial charge < -0.3 is 5.11 Å². The van der Waals surface area contributed by atoms with Crippen molar-refractivity contribution in [2.75, 3.05) is 6.61 Å². The van der Waals surface area contributed by atoms with Gasteiger partial charge in [-0.25, -0.2) is 0 Å². The fourth-order valence-corrected chi connectivity index (χ4v) is 2.70. The van der Waals surface area contributed by atoms with E-state index in [0.29, 0.717) is 0 Å². The second kappa shape index (κ2) is 3.87. The monoisotopic (exact) mass is 261 g/mol. The van der Waals surface area contributed by atoms with Crippen molar-refractivity contribution < 1.29 is 10.0 Å². The van der Waals surface area contributed by atoms with Crippen molar-refractivity contribution in [3.8, 4) is 0 Å². The van der Waals surface area contributed by atoms with Gasteiger partial charge >= 0.3 is 0 Å². The molecule has 0 radical (unpaired) electrons. The van der Waals surface area contributed by atoms with Crippen molar-refractivity contribution in [2.45, 2.75) is 10.3 Å². The maximum Gasteiger partial charge on any atom is 0.269 e. The quantitative estimate of drug-likeness (QED) is 0.517. The number of hydrogen-bond donors (Lipinski definition) is 1. The zero-order valence-electron chi connectivity index (χ0n) is 8.14. The molecule has 4 nitrogen and oxygen atoms in total. The molecule has 2 rings (SSSR count). The summed E-state index contributed by atoms with van der Waals surface area (Å²) in [7, 11) is 0. The number of benzene rings is 1. The van der Waals surface area contributed by atoms with E-state index in [0.717, 1.165) is 5.56 Å². The van der Waals surface area contributed by atoms with E-state index >= 15 is 0 Å². The van der Waals surface area contributed by atoms with Crippen LogP contribution in [0.15, 0.2) is 24.3 Å². The Morgan fingerprint density at radius 3 is 2.31 bits per heavy atom. The Bertz CT molecular complexity index is 419. The third-order valence-corrected chi connectivity index (χ3v) is 3.89. The average Bonchev–Trinajstić information content (AvgIpc) is 2.80. The van der Waals surface area contributed by atoms with Crippen LogP contribution in [0.4, 0.5) is 5.69 Å². The Balaban J connectivity index is 2.21. The van der Waals surface area contributed by atoms with Crippen LogP contribution < -0.4 is 0 Å². The van der Waals surface area contributed by atoms with Gasteiger partial charge in [-0.05, 0) is 5.56 Å². The molecule has 86 valence electrons. The molecule has 1 aliphatic carbocycles. The number of halogens is 2. The van der Waals surface area contributed by atoms with Gasteiger partial charge in [-0.1, -0.05) is 12.1 Å². The van der Waals surface area contributed by atoms with Crippen molar-refractivity contribution in [2.24, 2.45) is 5.92 Å². The minimum atomic E-state index is -0.953. The summed E-state index contributed by atoms with van der Waals surface area (Å²) >= 11 is 12.0. The Hall–Kier alpha value is -0.840. The van der Waals surface area contributed by atoms with E-state index in [1.807, 2.05) is 0 Å². The van der Waals surface area contributed by atoms with Crippen molar-refractivity contribution in [1.29, 1.82) is 0 Å². The number of alkyl halides is 2. The summed E-state index contributed by atoms with van der Waals surface area (Å²) in [4.78, 5) is 10.00. The van der Waals surface area contributed by atoms with Gasteiger partial charge in [0, 0.05) is 30.6 Å². The van der Waals surface area contributed by atoms with Gasteiger partial charge in [0.2, 0.25) is 0 Å². The average molecular weight is 262 g/mol. The van der Waals surface area contributed by atoms with Crippen LogP contribution in [0, 0.1) is 16.0 Å². The number of hydrogen-bond acceptors (Lipinski definition) is 3. The van der Waals surface area contributed by atoms with E-state index < -0.39 is 9.26 Å². The predicted molar refractivity (Wildman–Crippen MR) is 60.9 cm³/mol. The van der Waals surface area contributed by atoms with E-state index in [2.05, 4.69) is 0 Å². The molecule has 0 aliphatic heterocycles. The summed E-state index contributed by atoms with van der Waals surface area (Å²) in [6.45, 7) is -0.0886. The maximum atomic E-state index is 10.5. The van der Waals surface area contributed by atoms with Crippen molar-refractivity contribution in [3.05, 3.63) is 39.9 Å². The lowest BCUT2D eigenvalue weighted by Gasteiger charge is -1.99. The molecular formula is C10H9Cl2NO3. The number of nitrogens with zero attached hydrogens (tertiary/aromatic N) is 1. The van der Waals surface area contributed by atoms with E-state index in [1.54, 1.807) is 12.1 Å². The highest BCUT2D eigenvalue weighted by atomic mass is 35.5. The molecule has 0 aromatic heterocycles. The van der Waals surface area contributed by atoms with Gasteiger partial charge in [-0.3, -0.25) is 10.1 Å². The van der Waals surface area contributed by atoms with Crippen molar-refractivity contribution >= 4 is 28.9 Å². The number of aliphatic hydroxyl groups excluding tert-OH is 1. The second-order valence-corrected chi connectivity index (χ2v) is 5.23. The molecule has 0 unspecified atom stereocenters. The molecule has 0 bridgehead atoms. The van der Waals surface area contributed by atoms with Crippen LogP contribution in [0.2, 0.25) is 0 Å². The Labute approximate surface area is 102 Å². The standard InChI is InChI=1S/C10H9Cl2NO3/c11-10(12)8(5-14)9(10)6-1-3-7(4-2-6)13(15)16/h1-4,8-9,14H,5H2/t8-,9-/m1/s1. The van der Waals surface area contributed by atoms with Gasteiger partial charge in [-0.15, -0.1) is 23.2 Å². The van der Waals surface area contributed by atoms with Crippen molar-refractivity contribution in [3.63, 3.8) is 0 Å². The molecule has 1 saturated carbocycles. The highest BCUT2D eigenvalue weighted by Gasteiger charge is 2.63. The molecule has 1 N–H and O–H groups in total. The van der Waals surface area contributed by atoms with Crippen molar-refractivity contribution in [1.82, 2.24) is 0 Å². The number of nitro groups is 1. The molecule has 16 heavy (non-hydrogen) atoms. The third-order valence-electron chi connectivity index (χ3n) is 2.86. The number of nitro benzene ring substituents is 1. The fourth-order valence-electron chi connectivity index (χ4n) is 1.88. The molecule has 0 heterocycles. The summed E-state index contributed by atoms with van der Waals surface area (Å²) in [5.41, 5.74) is 0.842. The fraction of sp³-hybridized carbons (Fsp3) is 0.400. The summed E-state index contributed by atoms with van der Waals surface area (Å²) in [5.74, 6) is -0.348. The Morgan fingerprint density at radius 1 is 1.38 bits per heavy atom. The van der Waals surface area contributed by atoms with Crippen LogP contribution in [-0.4, -0.2) is 21.0 Å². The first-order valence-corrected chi connectivity index (χ1v) is 5.47. The number of aliphatic hydroxyl groups is 1. The molecular weight excluding hydrogens is 253 g/mol. The van der Waals surface area contributed by atoms with E-state index in [-0.39, 0.29) is 24.1 Å². The largest absolute Gasteiger partial charge is 0.396 e. The van der Waals surface area contributed by atoms with Crippen LogP contribution in [0.3, 0.4) is 0 Å². The SMILES string of the molecule is O=[N+]([O-])c1ccc([C@@H]2[C@@H](CO)C2(Cl)Cl)cc1. The van der Waals surface area contributed by atoms with Gasteiger partial charge in [0.15, 0.2) is 0 Å². The van der Waals surface area contributed by atoms with Crippen LogP contribution in [0.25, 0.3) is 0 Å². The molecule has 1 aromatic carbocycles. The normalized spacial score (nSPS) is 26.4. The molecule has 0 amide bonds. The van der Waals surface area contributed by atoms with Crippen LogP contribution in [-0.2, 0) is 0 Å².